The molecule has 3 aromatic rings. The number of hydrogen-bond acceptors (Lipinski definition) is 5. The molecular weight excluding hydrogens is 260 g/mol. The largest absolute Gasteiger partial charge is 0.467 e. The van der Waals surface area contributed by atoms with Gasteiger partial charge in [-0.05, 0) is 23.6 Å². The predicted octanol–water partition coefficient (Wildman–Crippen LogP) is 3.08. The van der Waals surface area contributed by atoms with E-state index in [1.807, 2.05) is 16.8 Å². The predicted molar refractivity (Wildman–Crippen MR) is 72.2 cm³/mol. The molecule has 19 heavy (non-hydrogen) atoms. The van der Waals surface area contributed by atoms with Crippen LogP contribution < -0.4 is 5.32 Å². The number of nitrogens with zero attached hydrogens (tertiary/aromatic N) is 3. The van der Waals surface area contributed by atoms with Gasteiger partial charge in [0.25, 0.3) is 0 Å². The Morgan fingerprint density at radius 1 is 1.37 bits per heavy atom. The zero-order valence-corrected chi connectivity index (χ0v) is 10.9. The average molecular weight is 272 g/mol. The van der Waals surface area contributed by atoms with E-state index in [1.54, 1.807) is 23.9 Å². The van der Waals surface area contributed by atoms with Gasteiger partial charge in [-0.25, -0.2) is 4.68 Å². The minimum Gasteiger partial charge on any atom is -0.467 e. The van der Waals surface area contributed by atoms with Crippen LogP contribution in [0.1, 0.15) is 29.1 Å². The van der Waals surface area contributed by atoms with Gasteiger partial charge in [0.15, 0.2) is 0 Å². The smallest absolute Gasteiger partial charge is 0.222 e. The van der Waals surface area contributed by atoms with Crippen LogP contribution >= 0.6 is 11.3 Å². The van der Waals surface area contributed by atoms with Crippen molar-refractivity contribution >= 4 is 17.3 Å². The summed E-state index contributed by atoms with van der Waals surface area (Å²) >= 11 is 1.76. The average Bonchev–Trinajstić information content (AvgIpc) is 3.18. The second kappa shape index (κ2) is 4.24. The summed E-state index contributed by atoms with van der Waals surface area (Å²) < 4.78 is 7.44. The first kappa shape index (κ1) is 10.8. The molecule has 0 radical (unpaired) electrons. The Balaban J connectivity index is 1.75. The lowest BCUT2D eigenvalue weighted by molar-refractivity contribution is 0.360. The van der Waals surface area contributed by atoms with Gasteiger partial charge in [-0.1, -0.05) is 6.07 Å². The quantitative estimate of drug-likeness (QED) is 0.779. The highest BCUT2D eigenvalue weighted by atomic mass is 32.1. The first-order chi connectivity index (χ1) is 9.42. The third-order valence-corrected chi connectivity index (χ3v) is 4.37. The van der Waals surface area contributed by atoms with Gasteiger partial charge in [-0.3, -0.25) is 0 Å². The molecule has 0 aromatic carbocycles. The van der Waals surface area contributed by atoms with Crippen LogP contribution in [0.4, 0.5) is 5.95 Å². The van der Waals surface area contributed by atoms with E-state index in [-0.39, 0.29) is 12.1 Å². The molecule has 4 rings (SSSR count). The van der Waals surface area contributed by atoms with Gasteiger partial charge in [0.1, 0.15) is 18.1 Å². The molecule has 0 amide bonds. The van der Waals surface area contributed by atoms with Gasteiger partial charge in [-0.2, -0.15) is 10.1 Å². The molecule has 0 unspecified atom stereocenters. The minimum atomic E-state index is 0.0980. The number of aromatic nitrogens is 3. The highest BCUT2D eigenvalue weighted by Crippen LogP contribution is 2.38. The number of anilines is 1. The summed E-state index contributed by atoms with van der Waals surface area (Å²) in [6.07, 6.45) is 4.19. The van der Waals surface area contributed by atoms with Crippen LogP contribution in [0.25, 0.3) is 0 Å². The van der Waals surface area contributed by atoms with E-state index < -0.39 is 0 Å². The van der Waals surface area contributed by atoms with Crippen molar-refractivity contribution < 1.29 is 4.42 Å². The molecule has 0 bridgehead atoms. The van der Waals surface area contributed by atoms with Crippen molar-refractivity contribution in [1.29, 1.82) is 0 Å². The fraction of sp³-hybridized carbons (Fsp3) is 0.231. The number of rotatable bonds is 2. The van der Waals surface area contributed by atoms with Crippen molar-refractivity contribution in [1.82, 2.24) is 14.8 Å². The molecule has 0 spiro atoms. The van der Waals surface area contributed by atoms with Gasteiger partial charge in [0.2, 0.25) is 5.95 Å². The Morgan fingerprint density at radius 3 is 3.16 bits per heavy atom. The maximum absolute atomic E-state index is 5.55. The zero-order chi connectivity index (χ0) is 12.7. The van der Waals surface area contributed by atoms with E-state index in [2.05, 4.69) is 32.9 Å². The number of furan rings is 1. The van der Waals surface area contributed by atoms with Crippen LogP contribution in [0.5, 0.6) is 0 Å². The molecule has 0 aliphatic carbocycles. The molecule has 96 valence electrons. The van der Waals surface area contributed by atoms with E-state index in [9.17, 15) is 0 Å². The fourth-order valence-electron chi connectivity index (χ4n) is 2.51. The van der Waals surface area contributed by atoms with Crippen LogP contribution in [-0.4, -0.2) is 14.8 Å². The molecule has 0 saturated carbocycles. The Labute approximate surface area is 113 Å². The zero-order valence-electron chi connectivity index (χ0n) is 10.1. The van der Waals surface area contributed by atoms with E-state index in [1.165, 1.54) is 4.88 Å². The van der Waals surface area contributed by atoms with Gasteiger partial charge >= 0.3 is 0 Å². The molecule has 2 atom stereocenters. The van der Waals surface area contributed by atoms with E-state index in [0.29, 0.717) is 0 Å². The normalized spacial score (nSPS) is 21.9. The molecule has 0 fully saturated rings. The molecule has 5 nitrogen and oxygen atoms in total. The Morgan fingerprint density at radius 2 is 2.37 bits per heavy atom. The van der Waals surface area contributed by atoms with Gasteiger partial charge in [0, 0.05) is 11.3 Å². The Hall–Kier alpha value is -2.08. The lowest BCUT2D eigenvalue weighted by atomic mass is 10.0. The summed E-state index contributed by atoms with van der Waals surface area (Å²) in [6.45, 7) is 0. The SMILES string of the molecule is c1coc([C@@H]2C[C@@H](c3cccs3)Nc3ncnn32)c1. The lowest BCUT2D eigenvalue weighted by Gasteiger charge is -2.29. The van der Waals surface area contributed by atoms with Crippen LogP contribution in [0.3, 0.4) is 0 Å². The van der Waals surface area contributed by atoms with Crippen molar-refractivity contribution in [2.24, 2.45) is 0 Å². The van der Waals surface area contributed by atoms with Crippen LogP contribution in [-0.2, 0) is 0 Å². The third-order valence-electron chi connectivity index (χ3n) is 3.39. The second-order valence-corrected chi connectivity index (χ2v) is 5.49. The number of thiophene rings is 1. The van der Waals surface area contributed by atoms with E-state index >= 15 is 0 Å². The molecule has 1 aliphatic heterocycles. The summed E-state index contributed by atoms with van der Waals surface area (Å²) in [5, 5.41) is 9.82. The van der Waals surface area contributed by atoms with Crippen LogP contribution in [0.15, 0.2) is 46.7 Å². The summed E-state index contributed by atoms with van der Waals surface area (Å²) in [6, 6.07) is 8.48. The first-order valence-electron chi connectivity index (χ1n) is 6.14. The Bertz CT molecular complexity index is 659. The number of fused-ring (bicyclic) bond motifs is 1. The van der Waals surface area contributed by atoms with Crippen molar-refractivity contribution in [3.8, 4) is 0 Å². The molecule has 0 saturated heterocycles. The van der Waals surface area contributed by atoms with Crippen molar-refractivity contribution in [2.45, 2.75) is 18.5 Å². The van der Waals surface area contributed by atoms with Crippen molar-refractivity contribution in [3.63, 3.8) is 0 Å². The summed E-state index contributed by atoms with van der Waals surface area (Å²) in [4.78, 5) is 5.59. The monoisotopic (exact) mass is 272 g/mol. The summed E-state index contributed by atoms with van der Waals surface area (Å²) in [5.74, 6) is 1.72. The maximum Gasteiger partial charge on any atom is 0.222 e. The third kappa shape index (κ3) is 1.76. The Kier molecular flexibility index (Phi) is 2.41. The van der Waals surface area contributed by atoms with Crippen LogP contribution in [0.2, 0.25) is 0 Å². The molecule has 4 heterocycles. The van der Waals surface area contributed by atoms with Crippen LogP contribution in [0, 0.1) is 0 Å². The molecule has 1 aliphatic rings. The summed E-state index contributed by atoms with van der Waals surface area (Å²) in [5.41, 5.74) is 0. The second-order valence-electron chi connectivity index (χ2n) is 4.51. The van der Waals surface area contributed by atoms with Gasteiger partial charge in [-0.15, -0.1) is 11.3 Å². The highest BCUT2D eigenvalue weighted by Gasteiger charge is 2.31. The first-order valence-corrected chi connectivity index (χ1v) is 7.02. The molecule has 3 aromatic heterocycles. The highest BCUT2D eigenvalue weighted by molar-refractivity contribution is 7.10. The van der Waals surface area contributed by atoms with Gasteiger partial charge < -0.3 is 9.73 Å². The topological polar surface area (TPSA) is 55.9 Å². The lowest BCUT2D eigenvalue weighted by Crippen LogP contribution is -2.27. The molecule has 1 N–H and O–H groups in total. The van der Waals surface area contributed by atoms with Gasteiger partial charge in [0.05, 0.1) is 12.3 Å². The number of nitrogens with one attached hydrogen (secondary N) is 1. The minimum absolute atomic E-state index is 0.0980. The summed E-state index contributed by atoms with van der Waals surface area (Å²) in [7, 11) is 0. The number of hydrogen-bond donors (Lipinski definition) is 1. The molecule has 6 heteroatoms. The molecular formula is C13H12N4OS. The van der Waals surface area contributed by atoms with E-state index in [4.69, 9.17) is 4.42 Å². The maximum atomic E-state index is 5.55. The van der Waals surface area contributed by atoms with Crippen molar-refractivity contribution in [3.05, 3.63) is 52.9 Å². The van der Waals surface area contributed by atoms with Crippen molar-refractivity contribution in [2.75, 3.05) is 5.32 Å². The fourth-order valence-corrected chi connectivity index (χ4v) is 3.30. The van der Waals surface area contributed by atoms with E-state index in [0.717, 1.165) is 18.1 Å². The standard InChI is InChI=1S/C13H12N4OS/c1-3-11(18-5-1)10-7-9(12-4-2-6-19-12)16-13-14-8-15-17(10)13/h1-6,8-10H,7H2,(H,14,15,16)/t9-,10-/m0/s1.